The molecule has 0 spiro atoms. The van der Waals surface area contributed by atoms with Crippen molar-refractivity contribution in [2.24, 2.45) is 0 Å². The molecule has 29 heavy (non-hydrogen) atoms. The first-order valence-corrected chi connectivity index (χ1v) is 9.76. The van der Waals surface area contributed by atoms with Crippen LogP contribution in [-0.2, 0) is 16.1 Å². The normalized spacial score (nSPS) is 15.4. The maximum Gasteiger partial charge on any atom is 0.320 e. The van der Waals surface area contributed by atoms with Gasteiger partial charge in [0.05, 0.1) is 24.7 Å². The van der Waals surface area contributed by atoms with Crippen molar-refractivity contribution in [3.63, 3.8) is 0 Å². The van der Waals surface area contributed by atoms with Crippen molar-refractivity contribution in [3.8, 4) is 0 Å². The molecular weight excluding hydrogens is 398 g/mol. The second kappa shape index (κ2) is 9.41. The summed E-state index contributed by atoms with van der Waals surface area (Å²) in [6.07, 6.45) is 1.66. The maximum absolute atomic E-state index is 12.2. The molecule has 0 saturated carbocycles. The molecule has 0 bridgehead atoms. The van der Waals surface area contributed by atoms with Gasteiger partial charge in [-0.3, -0.25) is 19.8 Å². The number of halogens is 1. The summed E-state index contributed by atoms with van der Waals surface area (Å²) in [5.41, 5.74) is 0.347. The summed E-state index contributed by atoms with van der Waals surface area (Å²) in [5, 5.41) is 12.2. The Bertz CT molecular complexity index is 776. The molecule has 10 heteroatoms. The number of pyridine rings is 1. The van der Waals surface area contributed by atoms with Gasteiger partial charge in [-0.2, -0.15) is 0 Å². The van der Waals surface area contributed by atoms with Crippen LogP contribution in [0.5, 0.6) is 0 Å². The van der Waals surface area contributed by atoms with Crippen LogP contribution in [-0.4, -0.2) is 69.5 Å². The van der Waals surface area contributed by atoms with Gasteiger partial charge >= 0.3 is 5.97 Å². The van der Waals surface area contributed by atoms with Gasteiger partial charge in [0.2, 0.25) is 0 Å². The van der Waals surface area contributed by atoms with Crippen molar-refractivity contribution in [1.82, 2.24) is 19.7 Å². The van der Waals surface area contributed by atoms with Crippen molar-refractivity contribution in [1.29, 1.82) is 0 Å². The largest absolute Gasteiger partial charge is 0.459 e. The molecule has 0 fully saturated rings. The number of aromatic nitrogens is 1. The van der Waals surface area contributed by atoms with E-state index in [1.807, 2.05) is 17.9 Å². The molecule has 0 radical (unpaired) electrons. The lowest BCUT2D eigenvalue weighted by Gasteiger charge is -2.39. The van der Waals surface area contributed by atoms with Crippen LogP contribution in [0.1, 0.15) is 33.3 Å². The molecule has 0 unspecified atom stereocenters. The SMILES string of the molecule is CCN(Cc1ccc(Cl)nc1)C1=C([N+](=O)[O-])CN(CC(=O)OC(C)(C)C)CN1C. The first-order valence-electron chi connectivity index (χ1n) is 9.38. The zero-order chi connectivity index (χ0) is 21.8. The molecule has 1 aromatic heterocycles. The number of ether oxygens (including phenoxy) is 1. The highest BCUT2D eigenvalue weighted by Crippen LogP contribution is 2.24. The molecular formula is C19H28ClN5O4. The van der Waals surface area contributed by atoms with Crippen molar-refractivity contribution < 1.29 is 14.5 Å². The number of esters is 1. The zero-order valence-corrected chi connectivity index (χ0v) is 18.3. The highest BCUT2D eigenvalue weighted by molar-refractivity contribution is 6.29. The number of carbonyl (C=O) groups excluding carboxylic acids is 1. The van der Waals surface area contributed by atoms with Crippen LogP contribution in [0.2, 0.25) is 5.15 Å². The number of rotatable bonds is 7. The Morgan fingerprint density at radius 2 is 2.10 bits per heavy atom. The molecule has 0 aliphatic carbocycles. The zero-order valence-electron chi connectivity index (χ0n) is 17.5. The van der Waals surface area contributed by atoms with E-state index in [1.54, 1.807) is 49.9 Å². The standard InChI is InChI=1S/C19H28ClN5O4/c1-6-24(10-14-7-8-16(20)21-9-14)18-15(25(27)28)11-23(13-22(18)5)12-17(26)29-19(2,3)4/h7-9H,6,10-13H2,1-5H3. The predicted octanol–water partition coefficient (Wildman–Crippen LogP) is 2.55. The molecule has 0 amide bonds. The lowest BCUT2D eigenvalue weighted by atomic mass is 10.2. The van der Waals surface area contributed by atoms with Gasteiger partial charge in [0.15, 0.2) is 5.82 Å². The highest BCUT2D eigenvalue weighted by Gasteiger charge is 2.35. The molecule has 160 valence electrons. The molecule has 1 aliphatic rings. The number of nitrogens with zero attached hydrogens (tertiary/aromatic N) is 5. The molecule has 9 nitrogen and oxygen atoms in total. The van der Waals surface area contributed by atoms with Gasteiger partial charge in [0.1, 0.15) is 10.8 Å². The van der Waals surface area contributed by atoms with E-state index in [4.69, 9.17) is 16.3 Å². The average Bonchev–Trinajstić information content (AvgIpc) is 2.59. The van der Waals surface area contributed by atoms with Crippen molar-refractivity contribution in [2.45, 2.75) is 39.8 Å². The highest BCUT2D eigenvalue weighted by atomic mass is 35.5. The van der Waals surface area contributed by atoms with E-state index in [0.717, 1.165) is 5.56 Å². The summed E-state index contributed by atoms with van der Waals surface area (Å²) in [6.45, 7) is 8.77. The topological polar surface area (TPSA) is 92.0 Å². The smallest absolute Gasteiger partial charge is 0.320 e. The van der Waals surface area contributed by atoms with Crippen LogP contribution >= 0.6 is 11.6 Å². The van der Waals surface area contributed by atoms with Gasteiger partial charge in [-0.15, -0.1) is 0 Å². The lowest BCUT2D eigenvalue weighted by Crippen LogP contribution is -2.50. The molecule has 2 rings (SSSR count). The number of hydrogen-bond acceptors (Lipinski definition) is 8. The van der Waals surface area contributed by atoms with E-state index in [1.165, 1.54) is 0 Å². The Hall–Kier alpha value is -2.39. The molecule has 0 N–H and O–H groups in total. The van der Waals surface area contributed by atoms with Crippen molar-refractivity contribution in [3.05, 3.63) is 50.7 Å². The third-order valence-corrected chi connectivity index (χ3v) is 4.47. The molecule has 1 aromatic rings. The number of hydrogen-bond donors (Lipinski definition) is 0. The number of carbonyl (C=O) groups is 1. The fourth-order valence-electron chi connectivity index (χ4n) is 3.20. The number of nitro groups is 1. The summed E-state index contributed by atoms with van der Waals surface area (Å²) < 4.78 is 5.34. The summed E-state index contributed by atoms with van der Waals surface area (Å²) >= 11 is 5.84. The maximum atomic E-state index is 12.2. The molecule has 1 aliphatic heterocycles. The Balaban J connectivity index is 2.22. The monoisotopic (exact) mass is 425 g/mol. The summed E-state index contributed by atoms with van der Waals surface area (Å²) in [6, 6.07) is 3.54. The van der Waals surface area contributed by atoms with Crippen molar-refractivity contribution >= 4 is 17.6 Å². The summed E-state index contributed by atoms with van der Waals surface area (Å²) in [7, 11) is 1.78. The quantitative estimate of drug-likeness (QED) is 0.285. The fourth-order valence-corrected chi connectivity index (χ4v) is 3.31. The van der Waals surface area contributed by atoms with Crippen LogP contribution in [0, 0.1) is 10.1 Å². The molecule has 0 saturated heterocycles. The fraction of sp³-hybridized carbons (Fsp3) is 0.579. The molecule has 2 heterocycles. The van der Waals surface area contributed by atoms with E-state index in [2.05, 4.69) is 4.98 Å². The van der Waals surface area contributed by atoms with E-state index in [-0.39, 0.29) is 23.7 Å². The first kappa shape index (κ1) is 22.9. The first-order chi connectivity index (χ1) is 13.5. The minimum absolute atomic E-state index is 0.0144. The van der Waals surface area contributed by atoms with E-state index < -0.39 is 11.6 Å². The molecule has 0 atom stereocenters. The van der Waals surface area contributed by atoms with Crippen molar-refractivity contribution in [2.75, 3.05) is 33.4 Å². The van der Waals surface area contributed by atoms with E-state index in [9.17, 15) is 14.9 Å². The van der Waals surface area contributed by atoms with E-state index in [0.29, 0.717) is 30.7 Å². The Kier molecular flexibility index (Phi) is 7.43. The third-order valence-electron chi connectivity index (χ3n) is 4.24. The van der Waals surface area contributed by atoms with Gasteiger partial charge < -0.3 is 14.5 Å². The third kappa shape index (κ3) is 6.57. The summed E-state index contributed by atoms with van der Waals surface area (Å²) in [5.74, 6) is 0.129. The second-order valence-corrected chi connectivity index (χ2v) is 8.33. The Morgan fingerprint density at radius 1 is 1.41 bits per heavy atom. The van der Waals surface area contributed by atoms with Crippen LogP contribution in [0.25, 0.3) is 0 Å². The van der Waals surface area contributed by atoms with Gasteiger partial charge in [0.25, 0.3) is 5.70 Å². The lowest BCUT2D eigenvalue weighted by molar-refractivity contribution is -0.433. The van der Waals surface area contributed by atoms with Crippen LogP contribution < -0.4 is 0 Å². The van der Waals surface area contributed by atoms with Gasteiger partial charge in [0, 0.05) is 26.3 Å². The predicted molar refractivity (Wildman–Crippen MR) is 109 cm³/mol. The van der Waals surface area contributed by atoms with Gasteiger partial charge in [-0.25, -0.2) is 4.98 Å². The average molecular weight is 426 g/mol. The minimum atomic E-state index is -0.600. The Morgan fingerprint density at radius 3 is 2.62 bits per heavy atom. The molecule has 0 aromatic carbocycles. The van der Waals surface area contributed by atoms with Crippen LogP contribution in [0.3, 0.4) is 0 Å². The van der Waals surface area contributed by atoms with Crippen LogP contribution in [0.4, 0.5) is 0 Å². The summed E-state index contributed by atoms with van der Waals surface area (Å²) in [4.78, 5) is 33.1. The second-order valence-electron chi connectivity index (χ2n) is 7.94. The Labute approximate surface area is 176 Å². The van der Waals surface area contributed by atoms with Gasteiger partial charge in [-0.1, -0.05) is 17.7 Å². The van der Waals surface area contributed by atoms with Gasteiger partial charge in [-0.05, 0) is 39.3 Å². The minimum Gasteiger partial charge on any atom is -0.459 e. The van der Waals surface area contributed by atoms with E-state index >= 15 is 0 Å². The van der Waals surface area contributed by atoms with Crippen LogP contribution in [0.15, 0.2) is 29.8 Å².